The van der Waals surface area contributed by atoms with E-state index in [0.717, 1.165) is 32.6 Å². The average Bonchev–Trinajstić information content (AvgIpc) is 3.10. The Bertz CT molecular complexity index is 543. The molecular formula is C18H32N4O4. The van der Waals surface area contributed by atoms with Crippen LogP contribution in [0.5, 0.6) is 0 Å². The third-order valence-electron chi connectivity index (χ3n) is 4.58. The predicted octanol–water partition coefficient (Wildman–Crippen LogP) is 0.718. The molecule has 0 bridgehead atoms. The number of aliphatic hydroxyl groups excluding tert-OH is 1. The van der Waals surface area contributed by atoms with Gasteiger partial charge >= 0.3 is 0 Å². The van der Waals surface area contributed by atoms with E-state index in [1.807, 2.05) is 20.8 Å². The second-order valence-corrected chi connectivity index (χ2v) is 6.80. The Morgan fingerprint density at radius 3 is 2.69 bits per heavy atom. The van der Waals surface area contributed by atoms with Gasteiger partial charge in [0.25, 0.3) is 5.91 Å². The van der Waals surface area contributed by atoms with Gasteiger partial charge in [-0.2, -0.15) is 0 Å². The van der Waals surface area contributed by atoms with Gasteiger partial charge in [-0.15, -0.1) is 0 Å². The van der Waals surface area contributed by atoms with Gasteiger partial charge in [-0.1, -0.05) is 6.92 Å². The maximum Gasteiger partial charge on any atom is 0.273 e. The summed E-state index contributed by atoms with van der Waals surface area (Å²) in [5, 5.41) is 12.8. The molecule has 2 heterocycles. The average molecular weight is 368 g/mol. The SMILES string of the molecule is CCOC[C@H](O)CN1CCN(Cc2nc(C(=O)N[C@@H](C)CC)co2)CC1. The van der Waals surface area contributed by atoms with Crippen LogP contribution in [0.25, 0.3) is 0 Å². The minimum absolute atomic E-state index is 0.119. The van der Waals surface area contributed by atoms with E-state index in [1.54, 1.807) is 0 Å². The molecule has 8 nitrogen and oxygen atoms in total. The number of oxazole rings is 1. The van der Waals surface area contributed by atoms with Gasteiger partial charge in [-0.05, 0) is 20.3 Å². The van der Waals surface area contributed by atoms with Gasteiger partial charge < -0.3 is 19.6 Å². The van der Waals surface area contributed by atoms with Crippen molar-refractivity contribution >= 4 is 5.91 Å². The fourth-order valence-corrected chi connectivity index (χ4v) is 2.81. The van der Waals surface area contributed by atoms with Crippen molar-refractivity contribution < 1.29 is 19.1 Å². The first-order valence-corrected chi connectivity index (χ1v) is 9.47. The number of aromatic nitrogens is 1. The maximum absolute atomic E-state index is 12.1. The standard InChI is InChI=1S/C18H32N4O4/c1-4-14(3)19-18(24)16-13-26-17(20-16)11-22-8-6-21(7-9-22)10-15(23)12-25-5-2/h13-15,23H,4-12H2,1-3H3,(H,19,24)/t14-,15+/m0/s1. The summed E-state index contributed by atoms with van der Waals surface area (Å²) in [6.45, 7) is 11.6. The van der Waals surface area contributed by atoms with Gasteiger partial charge in [-0.25, -0.2) is 4.98 Å². The van der Waals surface area contributed by atoms with Gasteiger partial charge in [0.1, 0.15) is 6.26 Å². The van der Waals surface area contributed by atoms with Crippen LogP contribution < -0.4 is 5.32 Å². The predicted molar refractivity (Wildman–Crippen MR) is 97.9 cm³/mol. The van der Waals surface area contributed by atoms with E-state index in [-0.39, 0.29) is 11.9 Å². The van der Waals surface area contributed by atoms with Crippen LogP contribution in [-0.4, -0.2) is 83.9 Å². The maximum atomic E-state index is 12.1. The summed E-state index contributed by atoms with van der Waals surface area (Å²) in [5.74, 6) is 0.367. The van der Waals surface area contributed by atoms with Crippen LogP contribution in [0.3, 0.4) is 0 Å². The molecule has 2 atom stereocenters. The number of nitrogens with zero attached hydrogens (tertiary/aromatic N) is 3. The zero-order valence-corrected chi connectivity index (χ0v) is 16.1. The topological polar surface area (TPSA) is 91.1 Å². The molecule has 0 aromatic carbocycles. The highest BCUT2D eigenvalue weighted by molar-refractivity contribution is 5.92. The quantitative estimate of drug-likeness (QED) is 0.629. The molecule has 1 aliphatic heterocycles. The molecule has 0 radical (unpaired) electrons. The second kappa shape index (κ2) is 10.6. The van der Waals surface area contributed by atoms with Crippen LogP contribution in [0.4, 0.5) is 0 Å². The number of aliphatic hydroxyl groups is 1. The monoisotopic (exact) mass is 368 g/mol. The Kier molecular flexibility index (Phi) is 8.50. The van der Waals surface area contributed by atoms with Crippen LogP contribution in [0.2, 0.25) is 0 Å². The van der Waals surface area contributed by atoms with Crippen molar-refractivity contribution in [1.29, 1.82) is 0 Å². The fourth-order valence-electron chi connectivity index (χ4n) is 2.81. The summed E-state index contributed by atoms with van der Waals surface area (Å²) < 4.78 is 10.7. The Labute approximate surface area is 155 Å². The van der Waals surface area contributed by atoms with Crippen molar-refractivity contribution in [1.82, 2.24) is 20.1 Å². The van der Waals surface area contributed by atoms with Gasteiger partial charge in [0, 0.05) is 45.4 Å². The van der Waals surface area contributed by atoms with Crippen molar-refractivity contribution in [2.24, 2.45) is 0 Å². The zero-order valence-electron chi connectivity index (χ0n) is 16.1. The molecule has 1 saturated heterocycles. The number of carbonyl (C=O) groups is 1. The minimum atomic E-state index is -0.445. The summed E-state index contributed by atoms with van der Waals surface area (Å²) in [4.78, 5) is 20.8. The van der Waals surface area contributed by atoms with E-state index in [4.69, 9.17) is 9.15 Å². The first-order valence-electron chi connectivity index (χ1n) is 9.47. The zero-order chi connectivity index (χ0) is 18.9. The summed E-state index contributed by atoms with van der Waals surface area (Å²) in [6.07, 6.45) is 1.85. The van der Waals surface area contributed by atoms with Crippen LogP contribution in [0, 0.1) is 0 Å². The highest BCUT2D eigenvalue weighted by atomic mass is 16.5. The van der Waals surface area contributed by atoms with Crippen molar-refractivity contribution in [3.8, 4) is 0 Å². The fraction of sp³-hybridized carbons (Fsp3) is 0.778. The molecular weight excluding hydrogens is 336 g/mol. The number of β-amino-alcohol motifs (C(OH)–C–C–N with tert-alkyl or cyclic N) is 1. The number of amides is 1. The molecule has 1 aromatic heterocycles. The number of piperazine rings is 1. The molecule has 8 heteroatoms. The van der Waals surface area contributed by atoms with Crippen molar-refractivity contribution in [2.45, 2.75) is 45.9 Å². The Morgan fingerprint density at radius 2 is 2.04 bits per heavy atom. The van der Waals surface area contributed by atoms with Crippen molar-refractivity contribution in [3.05, 3.63) is 17.8 Å². The molecule has 0 spiro atoms. The lowest BCUT2D eigenvalue weighted by Crippen LogP contribution is -2.48. The normalized spacial score (nSPS) is 18.6. The molecule has 2 N–H and O–H groups in total. The van der Waals surface area contributed by atoms with Gasteiger partial charge in [0.2, 0.25) is 5.89 Å². The lowest BCUT2D eigenvalue weighted by molar-refractivity contribution is 0.00949. The van der Waals surface area contributed by atoms with E-state index in [2.05, 4.69) is 20.1 Å². The largest absolute Gasteiger partial charge is 0.447 e. The molecule has 1 aromatic rings. The third-order valence-corrected chi connectivity index (χ3v) is 4.58. The molecule has 148 valence electrons. The third kappa shape index (κ3) is 6.68. The number of hydrogen-bond acceptors (Lipinski definition) is 7. The van der Waals surface area contributed by atoms with Gasteiger partial charge in [0.15, 0.2) is 5.69 Å². The summed E-state index contributed by atoms with van der Waals surface area (Å²) in [7, 11) is 0. The first kappa shape index (κ1) is 20.8. The van der Waals surface area contributed by atoms with E-state index in [9.17, 15) is 9.90 Å². The number of carbonyl (C=O) groups excluding carboxylic acids is 1. The highest BCUT2D eigenvalue weighted by Crippen LogP contribution is 2.10. The number of rotatable bonds is 10. The van der Waals surface area contributed by atoms with E-state index in [1.165, 1.54) is 6.26 Å². The van der Waals surface area contributed by atoms with Crippen LogP contribution >= 0.6 is 0 Å². The first-order chi connectivity index (χ1) is 12.5. The Morgan fingerprint density at radius 1 is 1.35 bits per heavy atom. The van der Waals surface area contributed by atoms with Crippen molar-refractivity contribution in [3.63, 3.8) is 0 Å². The van der Waals surface area contributed by atoms with E-state index in [0.29, 0.717) is 37.9 Å². The number of ether oxygens (including phenoxy) is 1. The summed E-state index contributed by atoms with van der Waals surface area (Å²) in [5.41, 5.74) is 0.331. The van der Waals surface area contributed by atoms with E-state index < -0.39 is 6.10 Å². The van der Waals surface area contributed by atoms with Gasteiger partial charge in [-0.3, -0.25) is 14.6 Å². The molecule has 0 unspecified atom stereocenters. The molecule has 0 saturated carbocycles. The molecule has 0 aliphatic carbocycles. The molecule has 1 amide bonds. The molecule has 1 fully saturated rings. The van der Waals surface area contributed by atoms with Crippen LogP contribution in [0.15, 0.2) is 10.7 Å². The van der Waals surface area contributed by atoms with Crippen LogP contribution in [0.1, 0.15) is 43.6 Å². The van der Waals surface area contributed by atoms with E-state index >= 15 is 0 Å². The number of nitrogens with one attached hydrogen (secondary N) is 1. The summed E-state index contributed by atoms with van der Waals surface area (Å²) in [6, 6.07) is 0.119. The molecule has 1 aliphatic rings. The Balaban J connectivity index is 1.73. The Hall–Kier alpha value is -1.48. The lowest BCUT2D eigenvalue weighted by Gasteiger charge is -2.34. The second-order valence-electron chi connectivity index (χ2n) is 6.80. The van der Waals surface area contributed by atoms with Crippen LogP contribution in [-0.2, 0) is 11.3 Å². The van der Waals surface area contributed by atoms with Gasteiger partial charge in [0.05, 0.1) is 19.3 Å². The lowest BCUT2D eigenvalue weighted by atomic mass is 10.2. The smallest absolute Gasteiger partial charge is 0.273 e. The number of hydrogen-bond donors (Lipinski definition) is 2. The summed E-state index contributed by atoms with van der Waals surface area (Å²) >= 11 is 0. The molecule has 26 heavy (non-hydrogen) atoms. The van der Waals surface area contributed by atoms with Crippen molar-refractivity contribution in [2.75, 3.05) is 45.9 Å². The molecule has 2 rings (SSSR count). The highest BCUT2D eigenvalue weighted by Gasteiger charge is 2.21. The minimum Gasteiger partial charge on any atom is -0.447 e.